The lowest BCUT2D eigenvalue weighted by atomic mass is 10.1. The molecule has 1 aromatic rings. The smallest absolute Gasteiger partial charge is 0.355 e. The normalized spacial score (nSPS) is 14.4. The van der Waals surface area contributed by atoms with Crippen LogP contribution >= 0.6 is 0 Å². The lowest BCUT2D eigenvalue weighted by Crippen LogP contribution is -2.39. The van der Waals surface area contributed by atoms with E-state index in [0.29, 0.717) is 0 Å². The van der Waals surface area contributed by atoms with Gasteiger partial charge in [0.05, 0.1) is 33.0 Å². The molecule has 0 N–H and O–H groups in total. The number of nitrogens with zero attached hydrogens (tertiary/aromatic N) is 1. The Kier molecular flexibility index (Phi) is 5.92. The minimum atomic E-state index is -0.987. The SMILES string of the molecule is CCOc1cc(F)c(N2COCC(C(=O)OC)=C2C(=O)OC)c(F)c1. The molecule has 0 spiro atoms. The third kappa shape index (κ3) is 3.71. The summed E-state index contributed by atoms with van der Waals surface area (Å²) in [4.78, 5) is 24.9. The van der Waals surface area contributed by atoms with Gasteiger partial charge in [0.1, 0.15) is 23.9 Å². The summed E-state index contributed by atoms with van der Waals surface area (Å²) in [5.74, 6) is -3.79. The van der Waals surface area contributed by atoms with E-state index in [2.05, 4.69) is 9.47 Å². The lowest BCUT2D eigenvalue weighted by molar-refractivity contribution is -0.140. The topological polar surface area (TPSA) is 74.3 Å². The van der Waals surface area contributed by atoms with Crippen molar-refractivity contribution in [2.45, 2.75) is 6.92 Å². The number of carbonyl (C=O) groups excluding carboxylic acids is 2. The highest BCUT2D eigenvalue weighted by Gasteiger charge is 2.35. The number of halogens is 2. The monoisotopic (exact) mass is 357 g/mol. The van der Waals surface area contributed by atoms with Crippen molar-refractivity contribution < 1.29 is 37.3 Å². The van der Waals surface area contributed by atoms with Crippen LogP contribution in [0.3, 0.4) is 0 Å². The summed E-state index contributed by atoms with van der Waals surface area (Å²) in [7, 11) is 2.20. The van der Waals surface area contributed by atoms with Gasteiger partial charge in [-0.3, -0.25) is 0 Å². The fourth-order valence-electron chi connectivity index (χ4n) is 2.37. The van der Waals surface area contributed by atoms with Gasteiger partial charge in [0, 0.05) is 12.1 Å². The molecular weight excluding hydrogens is 340 g/mol. The molecule has 0 amide bonds. The van der Waals surface area contributed by atoms with E-state index in [-0.39, 0.29) is 37.0 Å². The molecule has 0 aromatic heterocycles. The zero-order valence-electron chi connectivity index (χ0n) is 13.9. The van der Waals surface area contributed by atoms with Crippen molar-refractivity contribution in [1.82, 2.24) is 0 Å². The number of carbonyl (C=O) groups is 2. The molecule has 2 rings (SSSR count). The predicted octanol–water partition coefficient (Wildman–Crippen LogP) is 1.76. The first-order chi connectivity index (χ1) is 11.9. The van der Waals surface area contributed by atoms with Crippen LogP contribution in [0.25, 0.3) is 0 Å². The number of rotatable bonds is 5. The summed E-state index contributed by atoms with van der Waals surface area (Å²) in [6.07, 6.45) is 0. The summed E-state index contributed by atoms with van der Waals surface area (Å²) >= 11 is 0. The van der Waals surface area contributed by atoms with Crippen LogP contribution in [0.1, 0.15) is 6.92 Å². The Morgan fingerprint density at radius 1 is 1.16 bits per heavy atom. The first-order valence-electron chi connectivity index (χ1n) is 7.31. The maximum Gasteiger partial charge on any atom is 0.355 e. The molecule has 0 saturated heterocycles. The van der Waals surface area contributed by atoms with Crippen LogP contribution in [0, 0.1) is 11.6 Å². The molecule has 1 aliphatic heterocycles. The quantitative estimate of drug-likeness (QED) is 0.744. The van der Waals surface area contributed by atoms with E-state index in [1.807, 2.05) is 0 Å². The Morgan fingerprint density at radius 2 is 1.76 bits per heavy atom. The maximum absolute atomic E-state index is 14.5. The van der Waals surface area contributed by atoms with E-state index >= 15 is 0 Å². The summed E-state index contributed by atoms with van der Waals surface area (Å²) in [6.45, 7) is 1.29. The van der Waals surface area contributed by atoms with Gasteiger partial charge in [-0.1, -0.05) is 0 Å². The van der Waals surface area contributed by atoms with Gasteiger partial charge in [0.2, 0.25) is 0 Å². The Balaban J connectivity index is 2.60. The molecule has 0 aliphatic carbocycles. The van der Waals surface area contributed by atoms with E-state index in [0.717, 1.165) is 31.3 Å². The van der Waals surface area contributed by atoms with Gasteiger partial charge in [0.15, 0.2) is 11.6 Å². The summed E-state index contributed by atoms with van der Waals surface area (Å²) in [6, 6.07) is 1.95. The van der Waals surface area contributed by atoms with Crippen molar-refractivity contribution in [3.63, 3.8) is 0 Å². The van der Waals surface area contributed by atoms with E-state index in [1.54, 1.807) is 6.92 Å². The lowest BCUT2D eigenvalue weighted by Gasteiger charge is -2.31. The van der Waals surface area contributed by atoms with Crippen molar-refractivity contribution in [2.24, 2.45) is 0 Å². The van der Waals surface area contributed by atoms with Crippen molar-refractivity contribution >= 4 is 17.6 Å². The van der Waals surface area contributed by atoms with Crippen LogP contribution in [0.15, 0.2) is 23.4 Å². The van der Waals surface area contributed by atoms with Crippen LogP contribution in [-0.2, 0) is 23.8 Å². The van der Waals surface area contributed by atoms with Gasteiger partial charge in [-0.15, -0.1) is 0 Å². The Morgan fingerprint density at radius 3 is 2.28 bits per heavy atom. The second-order valence-corrected chi connectivity index (χ2v) is 4.88. The van der Waals surface area contributed by atoms with Gasteiger partial charge < -0.3 is 23.8 Å². The Bertz CT molecular complexity index is 696. The minimum absolute atomic E-state index is 0.00373. The fraction of sp³-hybridized carbons (Fsp3) is 0.375. The molecule has 0 unspecified atom stereocenters. The summed E-state index contributed by atoms with van der Waals surface area (Å²) in [5, 5.41) is 0. The molecule has 0 bridgehead atoms. The second-order valence-electron chi connectivity index (χ2n) is 4.88. The highest BCUT2D eigenvalue weighted by atomic mass is 19.1. The van der Waals surface area contributed by atoms with E-state index < -0.39 is 29.3 Å². The van der Waals surface area contributed by atoms with Crippen molar-refractivity contribution in [3.8, 4) is 5.75 Å². The van der Waals surface area contributed by atoms with Crippen LogP contribution in [0.5, 0.6) is 5.75 Å². The van der Waals surface area contributed by atoms with Crippen molar-refractivity contribution in [2.75, 3.05) is 39.1 Å². The van der Waals surface area contributed by atoms with Gasteiger partial charge in [-0.05, 0) is 6.92 Å². The van der Waals surface area contributed by atoms with Crippen molar-refractivity contribution in [3.05, 3.63) is 35.0 Å². The van der Waals surface area contributed by atoms with Gasteiger partial charge in [0.25, 0.3) is 0 Å². The molecule has 1 heterocycles. The molecule has 9 heteroatoms. The standard InChI is InChI=1S/C16H17F2NO6/c1-4-25-9-5-11(17)14(12(18)6-9)19-8-24-7-10(15(20)22-2)13(19)16(21)23-3/h5-6H,4,7-8H2,1-3H3. The third-order valence-electron chi connectivity index (χ3n) is 3.40. The third-order valence-corrected chi connectivity index (χ3v) is 3.40. The van der Waals surface area contributed by atoms with Crippen molar-refractivity contribution in [1.29, 1.82) is 0 Å². The van der Waals surface area contributed by atoms with E-state index in [4.69, 9.17) is 9.47 Å². The van der Waals surface area contributed by atoms with Crippen LogP contribution in [0.4, 0.5) is 14.5 Å². The number of benzene rings is 1. The van der Waals surface area contributed by atoms with Crippen LogP contribution in [-0.4, -0.2) is 46.1 Å². The number of methoxy groups -OCH3 is 2. The van der Waals surface area contributed by atoms with Gasteiger partial charge in [-0.25, -0.2) is 18.4 Å². The van der Waals surface area contributed by atoms with Gasteiger partial charge in [-0.2, -0.15) is 0 Å². The van der Waals surface area contributed by atoms with E-state index in [9.17, 15) is 18.4 Å². The molecule has 0 radical (unpaired) electrons. The molecule has 0 saturated carbocycles. The summed E-state index contributed by atoms with van der Waals surface area (Å²) < 4.78 is 48.4. The highest BCUT2D eigenvalue weighted by molar-refractivity contribution is 6.03. The Labute approximate surface area is 142 Å². The average molecular weight is 357 g/mol. The van der Waals surface area contributed by atoms with Crippen LogP contribution < -0.4 is 9.64 Å². The zero-order valence-corrected chi connectivity index (χ0v) is 13.9. The van der Waals surface area contributed by atoms with Crippen LogP contribution in [0.2, 0.25) is 0 Å². The molecule has 25 heavy (non-hydrogen) atoms. The number of hydrogen-bond acceptors (Lipinski definition) is 7. The average Bonchev–Trinajstić information content (AvgIpc) is 2.59. The first-order valence-corrected chi connectivity index (χ1v) is 7.31. The minimum Gasteiger partial charge on any atom is -0.494 e. The fourth-order valence-corrected chi connectivity index (χ4v) is 2.37. The zero-order chi connectivity index (χ0) is 18.6. The number of anilines is 1. The number of ether oxygens (including phenoxy) is 4. The maximum atomic E-state index is 14.5. The summed E-state index contributed by atoms with van der Waals surface area (Å²) in [5.41, 5.74) is -1.11. The molecule has 136 valence electrons. The molecular formula is C16H17F2NO6. The molecule has 0 fully saturated rings. The molecule has 1 aliphatic rings. The Hall–Kier alpha value is -2.68. The predicted molar refractivity (Wildman–Crippen MR) is 81.9 cm³/mol. The first kappa shape index (κ1) is 18.7. The molecule has 7 nitrogen and oxygen atoms in total. The molecule has 1 aromatic carbocycles. The number of hydrogen-bond donors (Lipinski definition) is 0. The highest BCUT2D eigenvalue weighted by Crippen LogP contribution is 2.33. The largest absolute Gasteiger partial charge is 0.494 e. The molecule has 0 atom stereocenters. The van der Waals surface area contributed by atoms with Gasteiger partial charge >= 0.3 is 11.9 Å². The second kappa shape index (κ2) is 7.93. The number of esters is 2. The van der Waals surface area contributed by atoms with E-state index in [1.165, 1.54) is 0 Å².